The van der Waals surface area contributed by atoms with Crippen LogP contribution in [0.15, 0.2) is 24.3 Å². The first kappa shape index (κ1) is 13.0. The molecule has 3 nitrogen and oxygen atoms in total. The molecule has 0 unspecified atom stereocenters. The van der Waals surface area contributed by atoms with E-state index in [1.165, 1.54) is 23.5 Å². The Hall–Kier alpha value is -1.46. The molecular weight excluding hydrogens is 253 g/mol. The third-order valence-corrected chi connectivity index (χ3v) is 3.27. The van der Waals surface area contributed by atoms with Crippen LogP contribution in [0, 0.1) is 5.82 Å². The molecule has 0 atom stereocenters. The van der Waals surface area contributed by atoms with Crippen molar-refractivity contribution < 1.29 is 14.0 Å². The number of rotatable bonds is 2. The predicted molar refractivity (Wildman–Crippen MR) is 70.1 cm³/mol. The first-order valence-corrected chi connectivity index (χ1v) is 6.34. The molecule has 1 aromatic heterocycles. The molecule has 0 radical (unpaired) electrons. The van der Waals surface area contributed by atoms with Gasteiger partial charge in [0.15, 0.2) is 0 Å². The fourth-order valence-electron chi connectivity index (χ4n) is 1.38. The van der Waals surface area contributed by atoms with E-state index in [9.17, 15) is 9.18 Å². The fraction of sp³-hybridized carbons (Fsp3) is 0.308. The maximum Gasteiger partial charge on any atom is 0.284 e. The maximum absolute atomic E-state index is 13.0. The highest BCUT2D eigenvalue weighted by molar-refractivity contribution is 7.20. The summed E-state index contributed by atoms with van der Waals surface area (Å²) in [5.41, 5.74) is 1.95. The quantitative estimate of drug-likeness (QED) is 0.846. The Balaban J connectivity index is 2.18. The van der Waals surface area contributed by atoms with Gasteiger partial charge in [-0.25, -0.2) is 9.87 Å². The van der Waals surface area contributed by atoms with Gasteiger partial charge in [0.25, 0.3) is 5.91 Å². The largest absolute Gasteiger partial charge is 0.284 e. The molecule has 96 valence electrons. The second-order valence-electron chi connectivity index (χ2n) is 4.94. The van der Waals surface area contributed by atoms with Crippen LogP contribution in [-0.4, -0.2) is 11.5 Å². The minimum absolute atomic E-state index is 0.307. The number of thiophene rings is 1. The molecule has 2 rings (SSSR count). The van der Waals surface area contributed by atoms with Crippen LogP contribution in [0.3, 0.4) is 0 Å². The van der Waals surface area contributed by atoms with Gasteiger partial charge in [-0.05, 0) is 50.4 Å². The molecule has 0 spiro atoms. The highest BCUT2D eigenvalue weighted by Gasteiger charge is 2.15. The summed E-state index contributed by atoms with van der Waals surface area (Å²) in [7, 11) is 0. The van der Waals surface area contributed by atoms with Crippen molar-refractivity contribution in [1.29, 1.82) is 0 Å². The van der Waals surface area contributed by atoms with Crippen LogP contribution >= 0.6 is 11.3 Å². The standard InChI is InChI=1S/C13H14FNO2S/c1-13(2,3)17-15-12(16)11-7-8-6-9(14)4-5-10(8)18-11/h4-7H,1-3H3,(H,15,16). The van der Waals surface area contributed by atoms with E-state index in [0.717, 1.165) is 10.1 Å². The zero-order valence-corrected chi connectivity index (χ0v) is 11.2. The lowest BCUT2D eigenvalue weighted by molar-refractivity contribution is -0.0588. The molecule has 0 aliphatic carbocycles. The number of carbonyl (C=O) groups is 1. The lowest BCUT2D eigenvalue weighted by Gasteiger charge is -2.18. The van der Waals surface area contributed by atoms with Gasteiger partial charge in [0.1, 0.15) is 5.82 Å². The molecule has 1 amide bonds. The lowest BCUT2D eigenvalue weighted by Crippen LogP contribution is -2.33. The molecule has 0 aliphatic heterocycles. The highest BCUT2D eigenvalue weighted by atomic mass is 32.1. The van der Waals surface area contributed by atoms with Gasteiger partial charge < -0.3 is 0 Å². The summed E-state index contributed by atoms with van der Waals surface area (Å²) in [4.78, 5) is 17.5. The predicted octanol–water partition coefficient (Wildman–Crippen LogP) is 3.50. The summed E-state index contributed by atoms with van der Waals surface area (Å²) < 4.78 is 13.9. The SMILES string of the molecule is CC(C)(C)ONC(=O)c1cc2cc(F)ccc2s1. The van der Waals surface area contributed by atoms with Crippen molar-refractivity contribution in [3.8, 4) is 0 Å². The molecule has 0 saturated heterocycles. The van der Waals surface area contributed by atoms with Gasteiger partial charge in [-0.3, -0.25) is 9.63 Å². The molecule has 5 heteroatoms. The maximum atomic E-state index is 13.0. The number of halogens is 1. The van der Waals surface area contributed by atoms with E-state index in [-0.39, 0.29) is 11.7 Å². The molecule has 0 fully saturated rings. The van der Waals surface area contributed by atoms with Crippen molar-refractivity contribution in [2.75, 3.05) is 0 Å². The number of nitrogens with one attached hydrogen (secondary N) is 1. The Kier molecular flexibility index (Phi) is 3.36. The number of carbonyl (C=O) groups excluding carboxylic acids is 1. The monoisotopic (exact) mass is 267 g/mol. The van der Waals surface area contributed by atoms with E-state index in [1.54, 1.807) is 12.1 Å². The van der Waals surface area contributed by atoms with Crippen molar-refractivity contribution in [1.82, 2.24) is 5.48 Å². The molecule has 1 aromatic carbocycles. The van der Waals surface area contributed by atoms with Crippen molar-refractivity contribution in [3.63, 3.8) is 0 Å². The third-order valence-electron chi connectivity index (χ3n) is 2.15. The summed E-state index contributed by atoms with van der Waals surface area (Å²) in [5, 5.41) is 0.723. The molecule has 18 heavy (non-hydrogen) atoms. The molecule has 1 heterocycles. The van der Waals surface area contributed by atoms with E-state index in [1.807, 2.05) is 20.8 Å². The van der Waals surface area contributed by atoms with Gasteiger partial charge >= 0.3 is 0 Å². The van der Waals surface area contributed by atoms with E-state index >= 15 is 0 Å². The number of hydrogen-bond donors (Lipinski definition) is 1. The molecule has 1 N–H and O–H groups in total. The Morgan fingerprint density at radius 1 is 1.33 bits per heavy atom. The van der Waals surface area contributed by atoms with E-state index in [0.29, 0.717) is 4.88 Å². The van der Waals surface area contributed by atoms with Gasteiger partial charge in [0.2, 0.25) is 0 Å². The number of amides is 1. The summed E-state index contributed by atoms with van der Waals surface area (Å²) in [6, 6.07) is 6.11. The summed E-state index contributed by atoms with van der Waals surface area (Å²) >= 11 is 1.31. The molecule has 0 aliphatic rings. The summed E-state index contributed by atoms with van der Waals surface area (Å²) in [6.45, 7) is 5.52. The van der Waals surface area contributed by atoms with Gasteiger partial charge in [-0.15, -0.1) is 11.3 Å². The van der Waals surface area contributed by atoms with Gasteiger partial charge in [-0.1, -0.05) is 0 Å². The normalized spacial score (nSPS) is 11.8. The topological polar surface area (TPSA) is 38.3 Å². The van der Waals surface area contributed by atoms with Crippen molar-refractivity contribution in [3.05, 3.63) is 35.0 Å². The first-order valence-electron chi connectivity index (χ1n) is 5.52. The lowest BCUT2D eigenvalue weighted by atomic mass is 10.2. The van der Waals surface area contributed by atoms with Crippen LogP contribution in [-0.2, 0) is 4.84 Å². The van der Waals surface area contributed by atoms with Crippen LogP contribution < -0.4 is 5.48 Å². The zero-order valence-electron chi connectivity index (χ0n) is 10.4. The van der Waals surface area contributed by atoms with Crippen LogP contribution in [0.25, 0.3) is 10.1 Å². The Labute approximate surface area is 109 Å². The number of hydrogen-bond acceptors (Lipinski definition) is 3. The molecular formula is C13H14FNO2S. The van der Waals surface area contributed by atoms with Crippen LogP contribution in [0.2, 0.25) is 0 Å². The Bertz CT molecular complexity index is 586. The molecule has 0 saturated carbocycles. The average Bonchev–Trinajstić information content (AvgIpc) is 2.67. The van der Waals surface area contributed by atoms with E-state index in [4.69, 9.17) is 4.84 Å². The van der Waals surface area contributed by atoms with Crippen molar-refractivity contribution in [2.45, 2.75) is 26.4 Å². The van der Waals surface area contributed by atoms with Gasteiger partial charge in [0, 0.05) is 4.70 Å². The van der Waals surface area contributed by atoms with E-state index < -0.39 is 5.60 Å². The highest BCUT2D eigenvalue weighted by Crippen LogP contribution is 2.26. The third kappa shape index (κ3) is 3.05. The van der Waals surface area contributed by atoms with E-state index in [2.05, 4.69) is 5.48 Å². The van der Waals surface area contributed by atoms with Crippen LogP contribution in [0.5, 0.6) is 0 Å². The smallest absolute Gasteiger partial charge is 0.268 e. The van der Waals surface area contributed by atoms with Crippen molar-refractivity contribution in [2.24, 2.45) is 0 Å². The minimum atomic E-state index is -0.446. The Morgan fingerprint density at radius 2 is 2.06 bits per heavy atom. The summed E-state index contributed by atoms with van der Waals surface area (Å²) in [6.07, 6.45) is 0. The van der Waals surface area contributed by atoms with Crippen LogP contribution in [0.1, 0.15) is 30.4 Å². The number of benzene rings is 1. The fourth-order valence-corrected chi connectivity index (χ4v) is 2.30. The van der Waals surface area contributed by atoms with Gasteiger partial charge in [0.05, 0.1) is 10.5 Å². The second-order valence-corrected chi connectivity index (χ2v) is 6.02. The van der Waals surface area contributed by atoms with Crippen molar-refractivity contribution >= 4 is 27.3 Å². The minimum Gasteiger partial charge on any atom is -0.268 e. The first-order chi connectivity index (χ1) is 8.35. The molecule has 2 aromatic rings. The Morgan fingerprint density at radius 3 is 2.72 bits per heavy atom. The zero-order chi connectivity index (χ0) is 13.3. The number of hydroxylamine groups is 1. The summed E-state index contributed by atoms with van der Waals surface area (Å²) in [5.74, 6) is -0.621. The molecule has 0 bridgehead atoms. The average molecular weight is 267 g/mol. The van der Waals surface area contributed by atoms with Crippen LogP contribution in [0.4, 0.5) is 4.39 Å². The number of fused-ring (bicyclic) bond motifs is 1. The second kappa shape index (κ2) is 4.66. The van der Waals surface area contributed by atoms with Gasteiger partial charge in [-0.2, -0.15) is 0 Å².